The van der Waals surface area contributed by atoms with Crippen molar-refractivity contribution in [2.75, 3.05) is 13.1 Å². The second-order valence-electron chi connectivity index (χ2n) is 8.03. The molecule has 4 rings (SSSR count). The zero-order valence-corrected chi connectivity index (χ0v) is 20.1. The van der Waals surface area contributed by atoms with E-state index < -0.39 is 39.6 Å². The minimum absolute atomic E-state index is 0.0527. The number of halogens is 3. The maximum Gasteiger partial charge on any atom is 0.274 e. The van der Waals surface area contributed by atoms with Crippen molar-refractivity contribution in [3.8, 4) is 5.75 Å². The smallest absolute Gasteiger partial charge is 0.274 e. The van der Waals surface area contributed by atoms with Gasteiger partial charge in [0, 0.05) is 30.9 Å². The lowest BCUT2D eigenvalue weighted by atomic mass is 10.1. The van der Waals surface area contributed by atoms with Crippen molar-refractivity contribution in [1.82, 2.24) is 14.8 Å². The molecule has 0 fully saturated rings. The van der Waals surface area contributed by atoms with Crippen LogP contribution in [0.15, 0.2) is 16.9 Å². The summed E-state index contributed by atoms with van der Waals surface area (Å²) >= 11 is 5.57. The first-order valence-corrected chi connectivity index (χ1v) is 11.8. The zero-order chi connectivity index (χ0) is 25.2. The molecule has 2 amide bonds. The third-order valence-corrected chi connectivity index (χ3v) is 6.40. The van der Waals surface area contributed by atoms with Crippen molar-refractivity contribution in [2.45, 2.75) is 59.0 Å². The molecule has 0 radical (unpaired) electrons. The Morgan fingerprint density at radius 3 is 2.65 bits per heavy atom. The summed E-state index contributed by atoms with van der Waals surface area (Å²) in [7, 11) is 0. The Kier molecular flexibility index (Phi) is 7.97. The van der Waals surface area contributed by atoms with Gasteiger partial charge in [0.15, 0.2) is 11.4 Å². The van der Waals surface area contributed by atoms with Crippen LogP contribution >= 0.6 is 11.6 Å². The van der Waals surface area contributed by atoms with Gasteiger partial charge in [0.2, 0.25) is 5.43 Å². The predicted molar refractivity (Wildman–Crippen MR) is 124 cm³/mol. The first-order chi connectivity index (χ1) is 16.3. The number of benzene rings is 1. The fourth-order valence-electron chi connectivity index (χ4n) is 4.41. The van der Waals surface area contributed by atoms with E-state index in [1.54, 1.807) is 9.47 Å². The molecule has 0 spiro atoms. The fraction of sp³-hybridized carbons (Fsp3) is 0.458. The highest BCUT2D eigenvalue weighted by Crippen LogP contribution is 2.36. The van der Waals surface area contributed by atoms with Crippen molar-refractivity contribution >= 4 is 23.4 Å². The summed E-state index contributed by atoms with van der Waals surface area (Å²) in [5, 5.41) is 12.3. The molecule has 3 heterocycles. The lowest BCUT2D eigenvalue weighted by Crippen LogP contribution is -2.45. The highest BCUT2D eigenvalue weighted by atomic mass is 35.5. The lowest BCUT2D eigenvalue weighted by Gasteiger charge is -2.34. The molecule has 1 aromatic carbocycles. The van der Waals surface area contributed by atoms with E-state index in [2.05, 4.69) is 5.32 Å². The minimum atomic E-state index is -1.00. The number of hydrogen-bond donors (Lipinski definition) is 2. The fourth-order valence-corrected chi connectivity index (χ4v) is 4.60. The lowest BCUT2D eigenvalue weighted by molar-refractivity contribution is 0.0662. The van der Waals surface area contributed by atoms with Crippen molar-refractivity contribution < 1.29 is 23.5 Å². The molecule has 1 atom stereocenters. The molecular weight excluding hydrogens is 468 g/mol. The first kappa shape index (κ1) is 25.7. The molecule has 7 nitrogen and oxygen atoms in total. The molecule has 10 heteroatoms. The van der Waals surface area contributed by atoms with Crippen LogP contribution in [0.25, 0.3) is 0 Å². The van der Waals surface area contributed by atoms with E-state index >= 15 is 0 Å². The number of carbonyl (C=O) groups is 2. The summed E-state index contributed by atoms with van der Waals surface area (Å²) in [6.45, 7) is 6.65. The van der Waals surface area contributed by atoms with Gasteiger partial charge in [-0.1, -0.05) is 44.9 Å². The summed E-state index contributed by atoms with van der Waals surface area (Å²) in [5.74, 6) is -3.92. The van der Waals surface area contributed by atoms with Gasteiger partial charge < -0.3 is 19.9 Å². The second-order valence-corrected chi connectivity index (χ2v) is 8.41. The molecular formula is C24H28ClF2N3O4. The topological polar surface area (TPSA) is 91.6 Å². The highest BCUT2D eigenvalue weighted by Gasteiger charge is 2.41. The van der Waals surface area contributed by atoms with Crippen LogP contribution in [0.4, 0.5) is 8.78 Å². The van der Waals surface area contributed by atoms with Crippen molar-refractivity contribution in [1.29, 1.82) is 0 Å². The average molecular weight is 496 g/mol. The number of amides is 2. The number of unbranched alkanes of at least 4 members (excludes halogenated alkanes) is 1. The van der Waals surface area contributed by atoms with E-state index in [1.165, 1.54) is 0 Å². The second kappa shape index (κ2) is 10.5. The standard InChI is InChI=1S/C22H22ClF2N3O4.C2H6/c1-2-3-8-27-10-12-5-7-14-15(19(29)20(30)18(22(27)32)28(12)14)21(31)26-9-11-4-6-13(24)16(23)17(11)25;1-2/h4,6,12,30H,2-3,5,7-10H2,1H3,(H,26,31);1-2H3. The third kappa shape index (κ3) is 4.41. The largest absolute Gasteiger partial charge is 0.503 e. The number of aromatic nitrogens is 1. The number of nitrogens with zero attached hydrogens (tertiary/aromatic N) is 2. The Bertz CT molecular complexity index is 1180. The van der Waals surface area contributed by atoms with Crippen molar-refractivity contribution in [2.24, 2.45) is 0 Å². The summed E-state index contributed by atoms with van der Waals surface area (Å²) < 4.78 is 29.1. The van der Waals surface area contributed by atoms with E-state index in [-0.39, 0.29) is 29.4 Å². The molecule has 0 saturated carbocycles. The van der Waals surface area contributed by atoms with E-state index in [1.807, 2.05) is 20.8 Å². The maximum absolute atomic E-state index is 14.1. The Morgan fingerprint density at radius 2 is 1.97 bits per heavy atom. The summed E-state index contributed by atoms with van der Waals surface area (Å²) in [5.41, 5.74) is -0.956. The third-order valence-electron chi connectivity index (χ3n) is 6.05. The van der Waals surface area contributed by atoms with Crippen LogP contribution in [-0.4, -0.2) is 39.5 Å². The van der Waals surface area contributed by atoms with Gasteiger partial charge >= 0.3 is 0 Å². The molecule has 1 aromatic heterocycles. The van der Waals surface area contributed by atoms with Crippen molar-refractivity contribution in [3.63, 3.8) is 0 Å². The van der Waals surface area contributed by atoms with Gasteiger partial charge in [-0.2, -0.15) is 0 Å². The summed E-state index contributed by atoms with van der Waals surface area (Å²) in [4.78, 5) is 40.3. The van der Waals surface area contributed by atoms with Crippen LogP contribution in [0.5, 0.6) is 5.75 Å². The quantitative estimate of drug-likeness (QED) is 0.588. The Hall–Kier alpha value is -2.94. The van der Waals surface area contributed by atoms with Gasteiger partial charge in [0.25, 0.3) is 11.8 Å². The van der Waals surface area contributed by atoms with Crippen LogP contribution < -0.4 is 10.7 Å². The predicted octanol–water partition coefficient (Wildman–Crippen LogP) is 4.18. The Labute approximate surface area is 201 Å². The molecule has 1 unspecified atom stereocenters. The molecule has 2 N–H and O–H groups in total. The van der Waals surface area contributed by atoms with Crippen LogP contribution in [0, 0.1) is 11.6 Å². The molecule has 0 saturated heterocycles. The highest BCUT2D eigenvalue weighted by molar-refractivity contribution is 6.30. The van der Waals surface area contributed by atoms with E-state index in [4.69, 9.17) is 11.6 Å². The van der Waals surface area contributed by atoms with Crippen LogP contribution in [0.2, 0.25) is 5.02 Å². The molecule has 2 aliphatic rings. The van der Waals surface area contributed by atoms with Crippen LogP contribution in [0.3, 0.4) is 0 Å². The Morgan fingerprint density at radius 1 is 1.26 bits per heavy atom. The van der Waals surface area contributed by atoms with Gasteiger partial charge in [0.05, 0.1) is 6.04 Å². The van der Waals surface area contributed by atoms with Gasteiger partial charge in [-0.05, 0) is 25.3 Å². The average Bonchev–Trinajstić information content (AvgIpc) is 3.24. The molecule has 2 aromatic rings. The first-order valence-electron chi connectivity index (χ1n) is 11.5. The number of carbonyl (C=O) groups excluding carboxylic acids is 2. The maximum atomic E-state index is 14.1. The SMILES string of the molecule is CC.CCCCN1CC2CCc3c(C(=O)NCc4ccc(F)c(Cl)c4F)c(=O)c(O)c(n32)C1=O. The molecule has 34 heavy (non-hydrogen) atoms. The van der Waals surface area contributed by atoms with E-state index in [9.17, 15) is 28.3 Å². The molecule has 184 valence electrons. The summed E-state index contributed by atoms with van der Waals surface area (Å²) in [6.07, 6.45) is 2.72. The number of pyridine rings is 1. The number of rotatable bonds is 6. The number of aromatic hydroxyl groups is 1. The van der Waals surface area contributed by atoms with Gasteiger partial charge in [-0.3, -0.25) is 14.4 Å². The van der Waals surface area contributed by atoms with E-state index in [0.717, 1.165) is 25.0 Å². The Balaban J connectivity index is 0.00000158. The molecule has 0 aliphatic carbocycles. The number of hydrogen-bond acceptors (Lipinski definition) is 4. The van der Waals surface area contributed by atoms with Gasteiger partial charge in [-0.15, -0.1) is 0 Å². The normalized spacial score (nSPS) is 16.1. The zero-order valence-electron chi connectivity index (χ0n) is 19.4. The van der Waals surface area contributed by atoms with Crippen molar-refractivity contribution in [3.05, 3.63) is 61.5 Å². The minimum Gasteiger partial charge on any atom is -0.503 e. The van der Waals surface area contributed by atoms with Crippen LogP contribution in [-0.2, 0) is 13.0 Å². The number of nitrogens with one attached hydrogen (secondary N) is 1. The summed E-state index contributed by atoms with van der Waals surface area (Å²) in [6, 6.07) is 1.99. The molecule has 0 bridgehead atoms. The monoisotopic (exact) mass is 495 g/mol. The van der Waals surface area contributed by atoms with Gasteiger partial charge in [0.1, 0.15) is 22.2 Å². The van der Waals surface area contributed by atoms with Crippen LogP contribution in [0.1, 0.15) is 78.2 Å². The van der Waals surface area contributed by atoms with E-state index in [0.29, 0.717) is 31.6 Å². The molecule has 2 aliphatic heterocycles. The van der Waals surface area contributed by atoms with Gasteiger partial charge in [-0.25, -0.2) is 8.78 Å².